The van der Waals surface area contributed by atoms with Crippen molar-refractivity contribution in [3.8, 4) is 11.8 Å². The number of nitrogens with zero attached hydrogens (tertiary/aromatic N) is 1. The summed E-state index contributed by atoms with van der Waals surface area (Å²) in [4.78, 5) is 0. The fourth-order valence-electron chi connectivity index (χ4n) is 2.18. The van der Waals surface area contributed by atoms with E-state index >= 15 is 0 Å². The van der Waals surface area contributed by atoms with Gasteiger partial charge in [-0.25, -0.2) is 4.39 Å². The van der Waals surface area contributed by atoms with Crippen molar-refractivity contribution in [2.75, 3.05) is 6.61 Å². The average molecular weight is 319 g/mol. The van der Waals surface area contributed by atoms with E-state index in [1.54, 1.807) is 0 Å². The summed E-state index contributed by atoms with van der Waals surface area (Å²) in [6.07, 6.45) is 0. The lowest BCUT2D eigenvalue weighted by atomic mass is 9.78. The van der Waals surface area contributed by atoms with Crippen LogP contribution in [0.15, 0.2) is 12.1 Å². The van der Waals surface area contributed by atoms with Gasteiger partial charge >= 0.3 is 7.12 Å². The Hall–Kier alpha value is -1.58. The maximum Gasteiger partial charge on any atom is 0.497 e. The van der Waals surface area contributed by atoms with Crippen LogP contribution in [-0.4, -0.2) is 24.9 Å². The Morgan fingerprint density at radius 2 is 1.78 bits per heavy atom. The van der Waals surface area contributed by atoms with E-state index in [1.807, 2.05) is 47.6 Å². The summed E-state index contributed by atoms with van der Waals surface area (Å²) in [6.45, 7) is 12.1. The minimum absolute atomic E-state index is 0.170. The molecule has 124 valence electrons. The Kier molecular flexibility index (Phi) is 4.75. The fourth-order valence-corrected chi connectivity index (χ4v) is 2.18. The second-order valence-corrected chi connectivity index (χ2v) is 7.27. The van der Waals surface area contributed by atoms with Gasteiger partial charge in [0, 0.05) is 5.46 Å². The third kappa shape index (κ3) is 3.51. The van der Waals surface area contributed by atoms with Gasteiger partial charge in [0.15, 0.2) is 0 Å². The third-order valence-corrected chi connectivity index (χ3v) is 4.30. The van der Waals surface area contributed by atoms with E-state index in [1.165, 1.54) is 12.1 Å². The van der Waals surface area contributed by atoms with E-state index in [-0.39, 0.29) is 11.0 Å². The van der Waals surface area contributed by atoms with Crippen LogP contribution >= 0.6 is 0 Å². The Bertz CT molecular complexity index is 621. The molecule has 1 aliphatic rings. The highest BCUT2D eigenvalue weighted by molar-refractivity contribution is 6.62. The van der Waals surface area contributed by atoms with Crippen molar-refractivity contribution in [2.45, 2.75) is 52.7 Å². The highest BCUT2D eigenvalue weighted by atomic mass is 19.1. The van der Waals surface area contributed by atoms with Gasteiger partial charge in [-0.2, -0.15) is 5.26 Å². The lowest BCUT2D eigenvalue weighted by Crippen LogP contribution is -2.41. The molecule has 0 radical (unpaired) electrons. The van der Waals surface area contributed by atoms with Crippen LogP contribution in [-0.2, 0) is 9.31 Å². The van der Waals surface area contributed by atoms with E-state index in [0.29, 0.717) is 18.3 Å². The molecule has 23 heavy (non-hydrogen) atoms. The molecule has 0 N–H and O–H groups in total. The second kappa shape index (κ2) is 6.14. The molecule has 0 bridgehead atoms. The van der Waals surface area contributed by atoms with Crippen LogP contribution in [0.4, 0.5) is 4.39 Å². The molecule has 0 atom stereocenters. The summed E-state index contributed by atoms with van der Waals surface area (Å²) < 4.78 is 31.8. The van der Waals surface area contributed by atoms with Crippen LogP contribution in [0.2, 0.25) is 0 Å². The smallest absolute Gasteiger partial charge is 0.492 e. The molecule has 1 aromatic rings. The monoisotopic (exact) mass is 319 g/mol. The molecule has 2 rings (SSSR count). The van der Waals surface area contributed by atoms with Gasteiger partial charge in [-0.15, -0.1) is 0 Å². The van der Waals surface area contributed by atoms with Crippen LogP contribution in [0.5, 0.6) is 5.75 Å². The van der Waals surface area contributed by atoms with Crippen molar-refractivity contribution in [1.82, 2.24) is 0 Å². The zero-order valence-corrected chi connectivity index (χ0v) is 14.6. The summed E-state index contributed by atoms with van der Waals surface area (Å²) in [7, 11) is -0.825. The Balaban J connectivity index is 2.37. The quantitative estimate of drug-likeness (QED) is 0.801. The van der Waals surface area contributed by atoms with Crippen molar-refractivity contribution < 1.29 is 18.4 Å². The van der Waals surface area contributed by atoms with E-state index in [9.17, 15) is 9.65 Å². The lowest BCUT2D eigenvalue weighted by molar-refractivity contribution is 0.00578. The Morgan fingerprint density at radius 3 is 2.26 bits per heavy atom. The molecular formula is C17H23BFNO3. The van der Waals surface area contributed by atoms with Gasteiger partial charge in [0.25, 0.3) is 0 Å². The van der Waals surface area contributed by atoms with E-state index in [2.05, 4.69) is 0 Å². The van der Waals surface area contributed by atoms with Gasteiger partial charge in [0.2, 0.25) is 0 Å². The molecule has 1 aromatic carbocycles. The van der Waals surface area contributed by atoms with Crippen LogP contribution < -0.4 is 10.2 Å². The Morgan fingerprint density at radius 1 is 1.22 bits per heavy atom. The standard InChI is InChI=1S/C17H23BFNO3/c1-11(2)10-21-15-8-13(14(19)7-12(15)9-20)18-22-16(3,4)17(5,6)23-18/h7-8,11H,10H2,1-6H3. The number of ether oxygens (including phenoxy) is 1. The largest absolute Gasteiger partial charge is 0.497 e. The maximum absolute atomic E-state index is 14.4. The molecule has 0 aromatic heterocycles. The van der Waals surface area contributed by atoms with Gasteiger partial charge in [0.05, 0.1) is 23.4 Å². The van der Waals surface area contributed by atoms with Crippen molar-refractivity contribution in [3.05, 3.63) is 23.5 Å². The van der Waals surface area contributed by atoms with E-state index in [4.69, 9.17) is 14.0 Å². The average Bonchev–Trinajstić information content (AvgIpc) is 2.65. The normalized spacial score (nSPS) is 19.0. The molecule has 0 amide bonds. The number of benzene rings is 1. The number of hydrogen-bond acceptors (Lipinski definition) is 4. The summed E-state index contributed by atoms with van der Waals surface area (Å²) in [5.74, 6) is 0.121. The van der Waals surface area contributed by atoms with Crippen molar-refractivity contribution in [3.63, 3.8) is 0 Å². The molecule has 0 aliphatic carbocycles. The molecular weight excluding hydrogens is 296 g/mol. The molecule has 6 heteroatoms. The summed E-state index contributed by atoms with van der Waals surface area (Å²) in [5, 5.41) is 9.17. The topological polar surface area (TPSA) is 51.5 Å². The molecule has 0 spiro atoms. The van der Waals surface area contributed by atoms with Gasteiger partial charge in [-0.05, 0) is 45.7 Å². The molecule has 0 unspecified atom stereocenters. The Labute approximate surface area is 137 Å². The van der Waals surface area contributed by atoms with E-state index in [0.717, 1.165) is 0 Å². The molecule has 1 aliphatic heterocycles. The fraction of sp³-hybridized carbons (Fsp3) is 0.588. The minimum Gasteiger partial charge on any atom is -0.492 e. The number of halogens is 1. The van der Waals surface area contributed by atoms with Crippen molar-refractivity contribution in [2.24, 2.45) is 5.92 Å². The number of rotatable bonds is 4. The van der Waals surface area contributed by atoms with Crippen LogP contribution in [0.3, 0.4) is 0 Å². The van der Waals surface area contributed by atoms with Crippen LogP contribution in [0, 0.1) is 23.1 Å². The maximum atomic E-state index is 14.4. The van der Waals surface area contributed by atoms with Gasteiger partial charge in [-0.3, -0.25) is 0 Å². The van der Waals surface area contributed by atoms with Crippen molar-refractivity contribution in [1.29, 1.82) is 5.26 Å². The third-order valence-electron chi connectivity index (χ3n) is 4.30. The SMILES string of the molecule is CC(C)COc1cc(B2OC(C)(C)C(C)(C)O2)c(F)cc1C#N. The first kappa shape index (κ1) is 17.8. The molecule has 1 saturated heterocycles. The zero-order chi connectivity index (χ0) is 17.4. The first-order valence-electron chi connectivity index (χ1n) is 7.79. The number of nitriles is 1. The zero-order valence-electron chi connectivity index (χ0n) is 14.6. The molecule has 4 nitrogen and oxygen atoms in total. The number of hydrogen-bond donors (Lipinski definition) is 0. The van der Waals surface area contributed by atoms with Gasteiger partial charge in [-0.1, -0.05) is 13.8 Å². The molecule has 1 fully saturated rings. The second-order valence-electron chi connectivity index (χ2n) is 7.27. The first-order valence-corrected chi connectivity index (χ1v) is 7.79. The van der Waals surface area contributed by atoms with E-state index < -0.39 is 24.1 Å². The molecule has 0 saturated carbocycles. The summed E-state index contributed by atoms with van der Waals surface area (Å²) in [6, 6.07) is 4.65. The van der Waals surface area contributed by atoms with Crippen LogP contribution in [0.1, 0.15) is 47.1 Å². The lowest BCUT2D eigenvalue weighted by Gasteiger charge is -2.32. The first-order chi connectivity index (χ1) is 10.6. The molecule has 1 heterocycles. The minimum atomic E-state index is -0.825. The predicted molar refractivity (Wildman–Crippen MR) is 87.2 cm³/mol. The van der Waals surface area contributed by atoms with Gasteiger partial charge in [0.1, 0.15) is 17.6 Å². The van der Waals surface area contributed by atoms with Gasteiger partial charge < -0.3 is 14.0 Å². The summed E-state index contributed by atoms with van der Waals surface area (Å²) in [5.41, 5.74) is -0.696. The highest BCUT2D eigenvalue weighted by Gasteiger charge is 2.52. The predicted octanol–water partition coefficient (Wildman–Crippen LogP) is 3.03. The van der Waals surface area contributed by atoms with Crippen LogP contribution in [0.25, 0.3) is 0 Å². The van der Waals surface area contributed by atoms with Crippen molar-refractivity contribution >= 4 is 12.6 Å². The summed E-state index contributed by atoms with van der Waals surface area (Å²) >= 11 is 0. The highest BCUT2D eigenvalue weighted by Crippen LogP contribution is 2.37.